The predicted octanol–water partition coefficient (Wildman–Crippen LogP) is 1.86. The number of halogens is 1. The van der Waals surface area contributed by atoms with Gasteiger partial charge in [-0.05, 0) is 17.7 Å². The van der Waals surface area contributed by atoms with Crippen LogP contribution in [0.25, 0.3) is 0 Å². The van der Waals surface area contributed by atoms with Gasteiger partial charge in [-0.15, -0.1) is 0 Å². The maximum atomic E-state index is 11.8. The van der Waals surface area contributed by atoms with E-state index in [-0.39, 0.29) is 32.0 Å². The minimum Gasteiger partial charge on any atom is -0.508 e. The first kappa shape index (κ1) is 9.83. The molecule has 1 rings (SSSR count). The van der Waals surface area contributed by atoms with Gasteiger partial charge in [0, 0.05) is 26.2 Å². The molecular formula is C7H7FOZr. The van der Waals surface area contributed by atoms with Crippen LogP contribution in [0, 0.1) is 0 Å². The fourth-order valence-corrected chi connectivity index (χ4v) is 0.585. The second kappa shape index (κ2) is 4.62. The molecule has 0 saturated heterocycles. The fraction of sp³-hybridized carbons (Fsp3) is 0.143. The van der Waals surface area contributed by atoms with E-state index in [0.717, 1.165) is 0 Å². The van der Waals surface area contributed by atoms with Crippen LogP contribution in [0.5, 0.6) is 5.75 Å². The molecule has 0 bridgehead atoms. The van der Waals surface area contributed by atoms with Crippen LogP contribution in [0.1, 0.15) is 5.56 Å². The third-order valence-corrected chi connectivity index (χ3v) is 1.09. The minimum absolute atomic E-state index is 0. The van der Waals surface area contributed by atoms with Crippen molar-refractivity contribution in [3.63, 3.8) is 0 Å². The summed E-state index contributed by atoms with van der Waals surface area (Å²) in [7, 11) is 0. The molecule has 0 fully saturated rings. The Balaban J connectivity index is 0.000000810. The molecular weight excluding hydrogens is 210 g/mol. The van der Waals surface area contributed by atoms with Crippen LogP contribution in [-0.2, 0) is 32.9 Å². The zero-order chi connectivity index (χ0) is 6.69. The van der Waals surface area contributed by atoms with E-state index in [9.17, 15) is 4.39 Å². The molecule has 1 aromatic rings. The largest absolute Gasteiger partial charge is 0.508 e. The third kappa shape index (κ3) is 2.61. The van der Waals surface area contributed by atoms with Crippen molar-refractivity contribution in [2.24, 2.45) is 0 Å². The fourth-order valence-electron chi connectivity index (χ4n) is 0.585. The second-order valence-electron chi connectivity index (χ2n) is 1.80. The Morgan fingerprint density at radius 2 is 1.70 bits per heavy atom. The van der Waals surface area contributed by atoms with E-state index in [4.69, 9.17) is 5.11 Å². The average molecular weight is 217 g/mol. The van der Waals surface area contributed by atoms with E-state index >= 15 is 0 Å². The van der Waals surface area contributed by atoms with Crippen molar-refractivity contribution in [3.05, 3.63) is 29.8 Å². The number of phenolic OH excluding ortho intramolecular Hbond substituents is 1. The molecule has 0 aliphatic rings. The molecule has 0 radical (unpaired) electrons. The molecule has 3 heteroatoms. The number of phenols is 1. The van der Waals surface area contributed by atoms with Crippen molar-refractivity contribution in [1.82, 2.24) is 0 Å². The van der Waals surface area contributed by atoms with Crippen LogP contribution in [0.2, 0.25) is 0 Å². The molecule has 0 atom stereocenters. The van der Waals surface area contributed by atoms with Gasteiger partial charge in [0.05, 0.1) is 0 Å². The van der Waals surface area contributed by atoms with Crippen molar-refractivity contribution >= 4 is 0 Å². The first-order valence-electron chi connectivity index (χ1n) is 2.67. The summed E-state index contributed by atoms with van der Waals surface area (Å²) in [6, 6.07) is 6.04. The van der Waals surface area contributed by atoms with Crippen molar-refractivity contribution in [2.75, 3.05) is 0 Å². The Morgan fingerprint density at radius 1 is 1.20 bits per heavy atom. The normalized spacial score (nSPS) is 8.50. The molecule has 0 aromatic heterocycles. The van der Waals surface area contributed by atoms with Crippen molar-refractivity contribution < 1.29 is 35.7 Å². The average Bonchev–Trinajstić information content (AvgIpc) is 1.90. The van der Waals surface area contributed by atoms with E-state index in [1.807, 2.05) is 0 Å². The van der Waals surface area contributed by atoms with E-state index in [1.54, 1.807) is 12.1 Å². The molecule has 0 unspecified atom stereocenters. The number of alkyl halides is 1. The number of aromatic hydroxyl groups is 1. The topological polar surface area (TPSA) is 20.2 Å². The first-order valence-corrected chi connectivity index (χ1v) is 2.67. The van der Waals surface area contributed by atoms with Gasteiger partial charge in [-0.25, -0.2) is 4.39 Å². The maximum Gasteiger partial charge on any atom is 0.115 e. The minimum atomic E-state index is -0.472. The maximum absolute atomic E-state index is 11.8. The molecule has 0 aliphatic heterocycles. The van der Waals surface area contributed by atoms with Gasteiger partial charge in [-0.1, -0.05) is 12.1 Å². The van der Waals surface area contributed by atoms with Crippen LogP contribution in [-0.4, -0.2) is 5.11 Å². The van der Waals surface area contributed by atoms with Crippen LogP contribution in [0.3, 0.4) is 0 Å². The van der Waals surface area contributed by atoms with Gasteiger partial charge < -0.3 is 5.11 Å². The van der Waals surface area contributed by atoms with Crippen LogP contribution >= 0.6 is 0 Å². The molecule has 0 amide bonds. The summed E-state index contributed by atoms with van der Waals surface area (Å²) < 4.78 is 11.8. The second-order valence-corrected chi connectivity index (χ2v) is 1.80. The monoisotopic (exact) mass is 216 g/mol. The third-order valence-electron chi connectivity index (χ3n) is 1.09. The molecule has 1 nitrogen and oxygen atoms in total. The number of rotatable bonds is 1. The molecule has 1 N–H and O–H groups in total. The summed E-state index contributed by atoms with van der Waals surface area (Å²) in [5.74, 6) is 0.173. The van der Waals surface area contributed by atoms with Gasteiger partial charge in [-0.3, -0.25) is 0 Å². The molecule has 10 heavy (non-hydrogen) atoms. The van der Waals surface area contributed by atoms with Crippen molar-refractivity contribution in [1.29, 1.82) is 0 Å². The summed E-state index contributed by atoms with van der Waals surface area (Å²) in [5.41, 5.74) is 0.591. The van der Waals surface area contributed by atoms with Gasteiger partial charge in [0.15, 0.2) is 0 Å². The molecule has 0 spiro atoms. The Labute approximate surface area is 78.0 Å². The van der Waals surface area contributed by atoms with Gasteiger partial charge in [0.2, 0.25) is 0 Å². The summed E-state index contributed by atoms with van der Waals surface area (Å²) in [6.45, 7) is -0.472. The van der Waals surface area contributed by atoms with Gasteiger partial charge in [-0.2, -0.15) is 0 Å². The Hall–Kier alpha value is -0.167. The number of benzene rings is 1. The van der Waals surface area contributed by atoms with E-state index in [1.165, 1.54) is 12.1 Å². The summed E-state index contributed by atoms with van der Waals surface area (Å²) in [4.78, 5) is 0. The first-order chi connectivity index (χ1) is 4.33. The summed E-state index contributed by atoms with van der Waals surface area (Å²) >= 11 is 0. The standard InChI is InChI=1S/C7H7FO.Zr/c8-5-6-1-3-7(9)4-2-6;/h1-4,9H,5H2;. The molecule has 1 aromatic carbocycles. The SMILES string of the molecule is Oc1ccc(CF)cc1.[Zr]. The Kier molecular flexibility index (Phi) is 4.54. The quantitative estimate of drug-likeness (QED) is 0.761. The summed E-state index contributed by atoms with van der Waals surface area (Å²) in [5, 5.41) is 8.73. The predicted molar refractivity (Wildman–Crippen MR) is 32.9 cm³/mol. The zero-order valence-corrected chi connectivity index (χ0v) is 7.80. The number of hydrogen-bond donors (Lipinski definition) is 1. The van der Waals surface area contributed by atoms with Gasteiger partial charge >= 0.3 is 0 Å². The Bertz CT molecular complexity index is 185. The van der Waals surface area contributed by atoms with Crippen LogP contribution in [0.15, 0.2) is 24.3 Å². The molecule has 0 saturated carbocycles. The van der Waals surface area contributed by atoms with E-state index in [2.05, 4.69) is 0 Å². The number of hydrogen-bond acceptors (Lipinski definition) is 1. The van der Waals surface area contributed by atoms with Gasteiger partial charge in [0.25, 0.3) is 0 Å². The molecule has 0 heterocycles. The van der Waals surface area contributed by atoms with Crippen molar-refractivity contribution in [2.45, 2.75) is 6.67 Å². The van der Waals surface area contributed by atoms with Crippen LogP contribution < -0.4 is 0 Å². The summed E-state index contributed by atoms with van der Waals surface area (Å²) in [6.07, 6.45) is 0. The zero-order valence-electron chi connectivity index (χ0n) is 5.34. The van der Waals surface area contributed by atoms with Crippen LogP contribution in [0.4, 0.5) is 4.39 Å². The Morgan fingerprint density at radius 3 is 2.10 bits per heavy atom. The van der Waals surface area contributed by atoms with E-state index < -0.39 is 6.67 Å². The molecule has 0 aliphatic carbocycles. The van der Waals surface area contributed by atoms with E-state index in [0.29, 0.717) is 5.56 Å². The van der Waals surface area contributed by atoms with Crippen molar-refractivity contribution in [3.8, 4) is 5.75 Å². The smallest absolute Gasteiger partial charge is 0.115 e. The van der Waals surface area contributed by atoms with Gasteiger partial charge in [0.1, 0.15) is 12.4 Å². The molecule has 52 valence electrons.